The molecule has 0 unspecified atom stereocenters. The summed E-state index contributed by atoms with van der Waals surface area (Å²) < 4.78 is 0. The van der Waals surface area contributed by atoms with Gasteiger partial charge in [-0.25, -0.2) is 0 Å². The largest absolute Gasteiger partial charge is 0.336 e. The molecule has 0 aliphatic carbocycles. The fourth-order valence-corrected chi connectivity index (χ4v) is 1.51. The molecule has 0 radical (unpaired) electrons. The number of aromatic nitrogens is 1. The zero-order chi connectivity index (χ0) is 8.27. The van der Waals surface area contributed by atoms with Gasteiger partial charge < -0.3 is 4.98 Å². The Hall–Kier alpha value is -0.140. The highest BCUT2D eigenvalue weighted by molar-refractivity contribution is 6.33. The number of hydrogen-bond acceptors (Lipinski definition) is 0. The minimum absolute atomic E-state index is 0.626. The van der Waals surface area contributed by atoms with Crippen LogP contribution >= 0.6 is 23.2 Å². The van der Waals surface area contributed by atoms with Crippen molar-refractivity contribution in [3.63, 3.8) is 0 Å². The van der Waals surface area contributed by atoms with Gasteiger partial charge in [0.25, 0.3) is 0 Å². The van der Waals surface area contributed by atoms with Crippen LogP contribution in [0.15, 0.2) is 6.07 Å². The molecule has 0 aromatic carbocycles. The minimum Gasteiger partial charge on any atom is -0.336 e. The third-order valence-corrected chi connectivity index (χ3v) is 2.15. The van der Waals surface area contributed by atoms with E-state index in [1.54, 1.807) is 0 Å². The second-order valence-electron chi connectivity index (χ2n) is 2.56. The first kappa shape index (κ1) is 8.95. The molecule has 0 atom stereocenters. The van der Waals surface area contributed by atoms with Crippen LogP contribution in [0.3, 0.4) is 0 Å². The summed E-state index contributed by atoms with van der Waals surface area (Å²) in [5, 5.41) is 1.31. The van der Waals surface area contributed by atoms with Crippen molar-refractivity contribution in [2.45, 2.75) is 26.2 Å². The number of nitrogens with one attached hydrogen (secondary N) is 1. The lowest BCUT2D eigenvalue weighted by Gasteiger charge is -1.93. The number of aromatic amines is 1. The van der Waals surface area contributed by atoms with Gasteiger partial charge in [-0.05, 0) is 24.5 Å². The van der Waals surface area contributed by atoms with Gasteiger partial charge in [0, 0.05) is 0 Å². The topological polar surface area (TPSA) is 15.8 Å². The fraction of sp³-hybridized carbons (Fsp3) is 0.500. The van der Waals surface area contributed by atoms with Crippen molar-refractivity contribution < 1.29 is 0 Å². The van der Waals surface area contributed by atoms with Crippen molar-refractivity contribution in [3.8, 4) is 0 Å². The summed E-state index contributed by atoms with van der Waals surface area (Å²) in [4.78, 5) is 2.85. The molecule has 11 heavy (non-hydrogen) atoms. The smallest absolute Gasteiger partial charge is 0.110 e. The van der Waals surface area contributed by atoms with Crippen LogP contribution in [0.5, 0.6) is 0 Å². The number of unbranched alkanes of at least 4 members (excludes halogenated alkanes) is 1. The number of hydrogen-bond donors (Lipinski definition) is 1. The molecule has 0 saturated carbocycles. The molecule has 0 fully saturated rings. The van der Waals surface area contributed by atoms with Crippen LogP contribution in [-0.2, 0) is 6.42 Å². The van der Waals surface area contributed by atoms with E-state index in [0.717, 1.165) is 18.4 Å². The van der Waals surface area contributed by atoms with E-state index in [9.17, 15) is 0 Å². The summed E-state index contributed by atoms with van der Waals surface area (Å²) in [6.45, 7) is 2.15. The molecule has 0 spiro atoms. The van der Waals surface area contributed by atoms with Gasteiger partial charge in [-0.3, -0.25) is 0 Å². The van der Waals surface area contributed by atoms with Crippen LogP contribution < -0.4 is 0 Å². The summed E-state index contributed by atoms with van der Waals surface area (Å²) in [7, 11) is 0. The lowest BCUT2D eigenvalue weighted by atomic mass is 10.1. The molecule has 1 aromatic heterocycles. The predicted octanol–water partition coefficient (Wildman–Crippen LogP) is 3.66. The molecule has 0 bridgehead atoms. The maximum atomic E-state index is 5.84. The first-order chi connectivity index (χ1) is 5.24. The van der Waals surface area contributed by atoms with Crippen LogP contribution in [0.2, 0.25) is 10.3 Å². The van der Waals surface area contributed by atoms with E-state index in [-0.39, 0.29) is 0 Å². The zero-order valence-electron chi connectivity index (χ0n) is 6.45. The van der Waals surface area contributed by atoms with E-state index in [4.69, 9.17) is 23.2 Å². The summed E-state index contributed by atoms with van der Waals surface area (Å²) in [5.74, 6) is 0. The standard InChI is InChI=1S/C8H11Cl2N/c1-2-3-4-6-5-7(9)11-8(6)10/h5,11H,2-4H2,1H3. The van der Waals surface area contributed by atoms with Crippen LogP contribution in [0.1, 0.15) is 25.3 Å². The van der Waals surface area contributed by atoms with Gasteiger partial charge >= 0.3 is 0 Å². The lowest BCUT2D eigenvalue weighted by molar-refractivity contribution is 0.796. The first-order valence-electron chi connectivity index (χ1n) is 3.77. The Morgan fingerprint density at radius 2 is 2.18 bits per heavy atom. The molecular formula is C8H11Cl2N. The Morgan fingerprint density at radius 1 is 1.45 bits per heavy atom. The van der Waals surface area contributed by atoms with Crippen molar-refractivity contribution in [1.82, 2.24) is 4.98 Å². The zero-order valence-corrected chi connectivity index (χ0v) is 7.97. The summed E-state index contributed by atoms with van der Waals surface area (Å²) in [6, 6.07) is 1.89. The van der Waals surface area contributed by atoms with E-state index in [2.05, 4.69) is 11.9 Å². The SMILES string of the molecule is CCCCc1cc(Cl)[nH]c1Cl. The van der Waals surface area contributed by atoms with Crippen molar-refractivity contribution >= 4 is 23.2 Å². The maximum absolute atomic E-state index is 5.84. The molecule has 3 heteroatoms. The second kappa shape index (κ2) is 4.03. The Balaban J connectivity index is 2.62. The lowest BCUT2D eigenvalue weighted by Crippen LogP contribution is -1.80. The molecule has 1 aromatic rings. The molecular weight excluding hydrogens is 181 g/mol. The summed E-state index contributed by atoms with van der Waals surface area (Å²) in [5.41, 5.74) is 1.12. The highest BCUT2D eigenvalue weighted by Crippen LogP contribution is 2.21. The van der Waals surface area contributed by atoms with Crippen molar-refractivity contribution in [2.24, 2.45) is 0 Å². The number of H-pyrrole nitrogens is 1. The monoisotopic (exact) mass is 191 g/mol. The van der Waals surface area contributed by atoms with Gasteiger partial charge in [-0.1, -0.05) is 36.5 Å². The molecule has 62 valence electrons. The molecule has 1 nitrogen and oxygen atoms in total. The predicted molar refractivity (Wildman–Crippen MR) is 49.4 cm³/mol. The Labute approximate surface area is 76.7 Å². The first-order valence-corrected chi connectivity index (χ1v) is 4.52. The van der Waals surface area contributed by atoms with E-state index in [0.29, 0.717) is 10.3 Å². The van der Waals surface area contributed by atoms with E-state index in [1.165, 1.54) is 6.42 Å². The number of rotatable bonds is 3. The Morgan fingerprint density at radius 3 is 2.64 bits per heavy atom. The summed E-state index contributed by atoms with van der Waals surface area (Å²) >= 11 is 11.5. The third-order valence-electron chi connectivity index (χ3n) is 1.61. The highest BCUT2D eigenvalue weighted by atomic mass is 35.5. The fourth-order valence-electron chi connectivity index (χ4n) is 0.987. The van der Waals surface area contributed by atoms with Crippen molar-refractivity contribution in [3.05, 3.63) is 21.9 Å². The van der Waals surface area contributed by atoms with Gasteiger partial charge in [-0.2, -0.15) is 0 Å². The molecule has 0 amide bonds. The van der Waals surface area contributed by atoms with Crippen LogP contribution in [0, 0.1) is 0 Å². The average molecular weight is 192 g/mol. The van der Waals surface area contributed by atoms with Gasteiger partial charge in [0.05, 0.1) is 0 Å². The van der Waals surface area contributed by atoms with Gasteiger partial charge in [0.2, 0.25) is 0 Å². The van der Waals surface area contributed by atoms with Gasteiger partial charge in [-0.15, -0.1) is 0 Å². The minimum atomic E-state index is 0.626. The van der Waals surface area contributed by atoms with E-state index in [1.807, 2.05) is 6.07 Å². The third kappa shape index (κ3) is 2.42. The molecule has 0 aliphatic heterocycles. The Bertz CT molecular complexity index is 230. The van der Waals surface area contributed by atoms with E-state index >= 15 is 0 Å². The van der Waals surface area contributed by atoms with Crippen molar-refractivity contribution in [2.75, 3.05) is 0 Å². The van der Waals surface area contributed by atoms with Crippen LogP contribution in [0.4, 0.5) is 0 Å². The van der Waals surface area contributed by atoms with Crippen molar-refractivity contribution in [1.29, 1.82) is 0 Å². The molecule has 1 heterocycles. The average Bonchev–Trinajstić information content (AvgIpc) is 2.26. The molecule has 0 aliphatic rings. The van der Waals surface area contributed by atoms with Gasteiger partial charge in [0.15, 0.2) is 0 Å². The number of halogens is 2. The highest BCUT2D eigenvalue weighted by Gasteiger charge is 2.02. The number of aryl methyl sites for hydroxylation is 1. The molecule has 1 N–H and O–H groups in total. The quantitative estimate of drug-likeness (QED) is 0.751. The van der Waals surface area contributed by atoms with Gasteiger partial charge in [0.1, 0.15) is 10.3 Å². The summed E-state index contributed by atoms with van der Waals surface area (Å²) in [6.07, 6.45) is 3.35. The molecule has 0 saturated heterocycles. The van der Waals surface area contributed by atoms with Crippen LogP contribution in [-0.4, -0.2) is 4.98 Å². The Kier molecular flexibility index (Phi) is 3.28. The van der Waals surface area contributed by atoms with Crippen LogP contribution in [0.25, 0.3) is 0 Å². The van der Waals surface area contributed by atoms with E-state index < -0.39 is 0 Å². The maximum Gasteiger partial charge on any atom is 0.110 e. The normalized spacial score (nSPS) is 10.5. The second-order valence-corrected chi connectivity index (χ2v) is 3.35. The molecule has 1 rings (SSSR count).